The molecule has 7 nitrogen and oxygen atoms in total. The van der Waals surface area contributed by atoms with Gasteiger partial charge in [0.05, 0.1) is 13.2 Å². The molecule has 7 heteroatoms. The van der Waals surface area contributed by atoms with E-state index in [0.29, 0.717) is 19.1 Å². The minimum atomic E-state index is -0.468. The molecule has 0 spiro atoms. The van der Waals surface area contributed by atoms with Crippen LogP contribution in [0.2, 0.25) is 0 Å². The highest BCUT2D eigenvalue weighted by Crippen LogP contribution is 2.39. The summed E-state index contributed by atoms with van der Waals surface area (Å²) in [6.07, 6.45) is 8.56. The van der Waals surface area contributed by atoms with Gasteiger partial charge >= 0.3 is 5.97 Å². The summed E-state index contributed by atoms with van der Waals surface area (Å²) in [6.45, 7) is 2.61. The topological polar surface area (TPSA) is 78.3 Å². The maximum absolute atomic E-state index is 11.9. The number of rotatable bonds is 4. The highest BCUT2D eigenvalue weighted by Gasteiger charge is 2.32. The molecule has 3 aliphatic rings. The quantitative estimate of drug-likeness (QED) is 0.344. The first-order valence-corrected chi connectivity index (χ1v) is 7.63. The molecule has 0 amide bonds. The molecule has 2 aliphatic heterocycles. The van der Waals surface area contributed by atoms with Crippen LogP contribution in [0.25, 0.3) is 0 Å². The number of hydrazine groups is 1. The van der Waals surface area contributed by atoms with Gasteiger partial charge in [-0.15, -0.1) is 0 Å². The molecule has 0 radical (unpaired) electrons. The van der Waals surface area contributed by atoms with E-state index in [1.165, 1.54) is 18.4 Å². The van der Waals surface area contributed by atoms with Crippen molar-refractivity contribution in [1.29, 1.82) is 0 Å². The third-order valence-corrected chi connectivity index (χ3v) is 3.75. The van der Waals surface area contributed by atoms with Crippen LogP contribution in [-0.2, 0) is 9.53 Å². The molecule has 0 aromatic carbocycles. The van der Waals surface area contributed by atoms with E-state index in [9.17, 15) is 4.79 Å². The molecule has 22 heavy (non-hydrogen) atoms. The van der Waals surface area contributed by atoms with E-state index in [1.807, 2.05) is 11.0 Å². The molecular formula is C15H21N5O2. The van der Waals surface area contributed by atoms with Crippen molar-refractivity contribution < 1.29 is 9.53 Å². The average Bonchev–Trinajstić information content (AvgIpc) is 3.29. The zero-order valence-electron chi connectivity index (χ0n) is 12.9. The molecule has 1 aliphatic carbocycles. The van der Waals surface area contributed by atoms with E-state index in [1.54, 1.807) is 14.0 Å². The predicted molar refractivity (Wildman–Crippen MR) is 84.1 cm³/mol. The van der Waals surface area contributed by atoms with Crippen molar-refractivity contribution in [2.45, 2.75) is 25.9 Å². The molecule has 0 bridgehead atoms. The molecule has 2 heterocycles. The number of hydrogen-bond acceptors (Lipinski definition) is 6. The van der Waals surface area contributed by atoms with Crippen molar-refractivity contribution >= 4 is 17.6 Å². The summed E-state index contributed by atoms with van der Waals surface area (Å²) in [5, 5.41) is 0. The van der Waals surface area contributed by atoms with Crippen LogP contribution >= 0.6 is 0 Å². The number of allylic oxidation sites excluding steroid dienone is 2. The van der Waals surface area contributed by atoms with E-state index in [4.69, 9.17) is 4.74 Å². The van der Waals surface area contributed by atoms with Gasteiger partial charge in [-0.2, -0.15) is 0 Å². The number of esters is 1. The molecule has 2 N–H and O–H groups in total. The smallest absolute Gasteiger partial charge is 0.375 e. The van der Waals surface area contributed by atoms with Crippen molar-refractivity contribution in [3.63, 3.8) is 0 Å². The Morgan fingerprint density at radius 2 is 2.32 bits per heavy atom. The van der Waals surface area contributed by atoms with Gasteiger partial charge in [0.2, 0.25) is 5.84 Å². The van der Waals surface area contributed by atoms with Crippen molar-refractivity contribution in [3.05, 3.63) is 23.9 Å². The first-order valence-electron chi connectivity index (χ1n) is 7.63. The van der Waals surface area contributed by atoms with Crippen LogP contribution in [0.15, 0.2) is 33.9 Å². The van der Waals surface area contributed by atoms with Crippen molar-refractivity contribution in [2.24, 2.45) is 15.9 Å². The summed E-state index contributed by atoms with van der Waals surface area (Å²) in [7, 11) is 1.68. The van der Waals surface area contributed by atoms with E-state index in [-0.39, 0.29) is 12.0 Å². The van der Waals surface area contributed by atoms with Crippen molar-refractivity contribution in [1.82, 2.24) is 15.8 Å². The van der Waals surface area contributed by atoms with E-state index in [2.05, 4.69) is 33.1 Å². The minimum Gasteiger partial charge on any atom is -0.460 e. The van der Waals surface area contributed by atoms with Gasteiger partial charge in [-0.1, -0.05) is 6.08 Å². The molecule has 1 fully saturated rings. The van der Waals surface area contributed by atoms with Crippen LogP contribution in [0, 0.1) is 5.92 Å². The fourth-order valence-electron chi connectivity index (χ4n) is 2.53. The third-order valence-electron chi connectivity index (χ3n) is 3.75. The summed E-state index contributed by atoms with van der Waals surface area (Å²) in [4.78, 5) is 22.9. The molecular weight excluding hydrogens is 282 g/mol. The van der Waals surface area contributed by atoms with Crippen LogP contribution in [0.3, 0.4) is 0 Å². The Morgan fingerprint density at radius 1 is 1.50 bits per heavy atom. The lowest BCUT2D eigenvalue weighted by atomic mass is 10.1. The first kappa shape index (κ1) is 14.8. The van der Waals surface area contributed by atoms with E-state index >= 15 is 0 Å². The van der Waals surface area contributed by atoms with Gasteiger partial charge in [-0.3, -0.25) is 4.99 Å². The summed E-state index contributed by atoms with van der Waals surface area (Å²) >= 11 is 0. The highest BCUT2D eigenvalue weighted by molar-refractivity contribution is 6.35. The number of carbonyl (C=O) groups is 1. The molecule has 1 unspecified atom stereocenters. The molecule has 3 rings (SSSR count). The molecule has 0 aromatic rings. The Kier molecular flexibility index (Phi) is 4.24. The standard InChI is InChI=1S/C15H21N5O2/c1-3-22-15(21)14(19-16-2)18-13-8-17-12-7-6-11(9-20(12)13)10-4-5-10/h6-7,9-10,13,16H,3-5,8H2,1-2H3,(H,18,19). The van der Waals surface area contributed by atoms with E-state index in [0.717, 1.165) is 5.84 Å². The Morgan fingerprint density at radius 3 is 3.00 bits per heavy atom. The number of nitrogens with zero attached hydrogens (tertiary/aromatic N) is 3. The number of nitrogens with one attached hydrogen (secondary N) is 2. The van der Waals surface area contributed by atoms with Crippen molar-refractivity contribution in [3.8, 4) is 0 Å². The van der Waals surface area contributed by atoms with E-state index < -0.39 is 5.97 Å². The number of carbonyl (C=O) groups excluding carboxylic acids is 1. The Labute approximate surface area is 129 Å². The second-order valence-corrected chi connectivity index (χ2v) is 5.40. The van der Waals surface area contributed by atoms with Crippen LogP contribution < -0.4 is 10.9 Å². The lowest BCUT2D eigenvalue weighted by Gasteiger charge is -2.24. The number of amidine groups is 2. The normalized spacial score (nSPS) is 23.8. The first-order chi connectivity index (χ1) is 10.7. The Bertz CT molecular complexity index is 574. The third kappa shape index (κ3) is 3.04. The fourth-order valence-corrected chi connectivity index (χ4v) is 2.53. The van der Waals surface area contributed by atoms with Gasteiger partial charge in [0.1, 0.15) is 12.0 Å². The Hall–Kier alpha value is -2.15. The molecule has 0 saturated heterocycles. The number of hydrogen-bond donors (Lipinski definition) is 2. The van der Waals surface area contributed by atoms with Gasteiger partial charge < -0.3 is 15.1 Å². The fraction of sp³-hybridized carbons (Fsp3) is 0.533. The zero-order valence-corrected chi connectivity index (χ0v) is 12.9. The van der Waals surface area contributed by atoms with Gasteiger partial charge in [-0.05, 0) is 37.3 Å². The largest absolute Gasteiger partial charge is 0.460 e. The Balaban J connectivity index is 1.77. The lowest BCUT2D eigenvalue weighted by Crippen LogP contribution is -2.43. The second-order valence-electron chi connectivity index (χ2n) is 5.40. The summed E-state index contributed by atoms with van der Waals surface area (Å²) in [5.74, 6) is 1.26. The molecule has 0 aromatic heterocycles. The summed E-state index contributed by atoms with van der Waals surface area (Å²) in [6, 6.07) is 0. The summed E-state index contributed by atoms with van der Waals surface area (Å²) in [5.41, 5.74) is 6.79. The van der Waals surface area contributed by atoms with Crippen molar-refractivity contribution in [2.75, 3.05) is 20.2 Å². The van der Waals surface area contributed by atoms with Gasteiger partial charge in [0.15, 0.2) is 0 Å². The number of fused-ring (bicyclic) bond motifs is 1. The average molecular weight is 303 g/mol. The lowest BCUT2D eigenvalue weighted by molar-refractivity contribution is -0.135. The van der Waals surface area contributed by atoms with Gasteiger partial charge in [0, 0.05) is 13.2 Å². The van der Waals surface area contributed by atoms with Gasteiger partial charge in [-0.25, -0.2) is 15.2 Å². The van der Waals surface area contributed by atoms with Crippen LogP contribution in [0.1, 0.15) is 19.8 Å². The van der Waals surface area contributed by atoms with Crippen LogP contribution in [0.4, 0.5) is 0 Å². The maximum Gasteiger partial charge on any atom is 0.375 e. The predicted octanol–water partition coefficient (Wildman–Crippen LogP) is 0.576. The summed E-state index contributed by atoms with van der Waals surface area (Å²) < 4.78 is 5.01. The maximum atomic E-state index is 11.9. The van der Waals surface area contributed by atoms with Gasteiger partial charge in [0.25, 0.3) is 0 Å². The molecule has 1 saturated carbocycles. The molecule has 118 valence electrons. The number of aliphatic imine (C=N–C) groups is 2. The monoisotopic (exact) mass is 303 g/mol. The SMILES string of the molecule is CCOC(=O)C(=NC1CN=C2C=CC(C3CC3)=CN21)NNC. The zero-order chi connectivity index (χ0) is 15.5. The minimum absolute atomic E-state index is 0.168. The highest BCUT2D eigenvalue weighted by atomic mass is 16.5. The molecule has 1 atom stereocenters. The van der Waals surface area contributed by atoms with Crippen LogP contribution in [-0.4, -0.2) is 48.9 Å². The number of ether oxygens (including phenoxy) is 1. The second kappa shape index (κ2) is 6.31. The van der Waals surface area contributed by atoms with Crippen LogP contribution in [0.5, 0.6) is 0 Å².